The summed E-state index contributed by atoms with van der Waals surface area (Å²) in [5.41, 5.74) is 6.50. The van der Waals surface area contributed by atoms with Gasteiger partial charge in [0.1, 0.15) is 6.33 Å². The molecule has 0 spiro atoms. The zero-order chi connectivity index (χ0) is 16.4. The number of nitrogens with one attached hydrogen (secondary N) is 2. The SMILES string of the molecule is CS(=O)(=O)C1CNNC1C1CCCN(C(=O)c2cncnc2)C1. The molecule has 0 aliphatic carbocycles. The quantitative estimate of drug-likeness (QED) is 0.744. The Balaban J connectivity index is 1.72. The molecule has 3 atom stereocenters. The van der Waals surface area contributed by atoms with Crippen molar-refractivity contribution in [1.29, 1.82) is 0 Å². The van der Waals surface area contributed by atoms with E-state index in [1.165, 1.54) is 25.0 Å². The van der Waals surface area contributed by atoms with Crippen LogP contribution < -0.4 is 10.9 Å². The Morgan fingerprint density at radius 3 is 2.78 bits per heavy atom. The van der Waals surface area contributed by atoms with Gasteiger partial charge in [-0.05, 0) is 18.8 Å². The van der Waals surface area contributed by atoms with Crippen molar-refractivity contribution in [2.45, 2.75) is 24.1 Å². The number of sulfone groups is 1. The van der Waals surface area contributed by atoms with E-state index in [1.807, 2.05) is 0 Å². The van der Waals surface area contributed by atoms with Gasteiger partial charge in [-0.15, -0.1) is 0 Å². The molecule has 2 aliphatic rings. The molecule has 0 bridgehead atoms. The summed E-state index contributed by atoms with van der Waals surface area (Å²) >= 11 is 0. The normalized spacial score (nSPS) is 28.7. The van der Waals surface area contributed by atoms with E-state index in [2.05, 4.69) is 20.8 Å². The maximum absolute atomic E-state index is 12.5. The number of carbonyl (C=O) groups is 1. The molecule has 23 heavy (non-hydrogen) atoms. The fourth-order valence-corrected chi connectivity index (χ4v) is 4.63. The van der Waals surface area contributed by atoms with Crippen LogP contribution in [0.3, 0.4) is 0 Å². The van der Waals surface area contributed by atoms with E-state index in [1.54, 1.807) is 4.90 Å². The summed E-state index contributed by atoms with van der Waals surface area (Å²) in [7, 11) is -3.14. The molecular formula is C14H21N5O3S. The molecule has 126 valence electrons. The Kier molecular flexibility index (Phi) is 4.60. The number of nitrogens with zero attached hydrogens (tertiary/aromatic N) is 3. The summed E-state index contributed by atoms with van der Waals surface area (Å²) in [6.45, 7) is 1.62. The van der Waals surface area contributed by atoms with Gasteiger partial charge in [0.25, 0.3) is 5.91 Å². The first kappa shape index (κ1) is 16.3. The lowest BCUT2D eigenvalue weighted by Crippen LogP contribution is -2.51. The highest BCUT2D eigenvalue weighted by molar-refractivity contribution is 7.91. The van der Waals surface area contributed by atoms with Crippen molar-refractivity contribution in [2.75, 3.05) is 25.9 Å². The third kappa shape index (κ3) is 3.51. The van der Waals surface area contributed by atoms with E-state index in [4.69, 9.17) is 0 Å². The molecule has 1 aromatic rings. The van der Waals surface area contributed by atoms with Crippen molar-refractivity contribution in [3.8, 4) is 0 Å². The van der Waals surface area contributed by atoms with Crippen molar-refractivity contribution in [2.24, 2.45) is 5.92 Å². The lowest BCUT2D eigenvalue weighted by molar-refractivity contribution is 0.0649. The van der Waals surface area contributed by atoms with Gasteiger partial charge in [0, 0.05) is 44.3 Å². The van der Waals surface area contributed by atoms with Crippen LogP contribution in [0.1, 0.15) is 23.2 Å². The summed E-state index contributed by atoms with van der Waals surface area (Å²) in [5.74, 6) is 0.00390. The van der Waals surface area contributed by atoms with Crippen LogP contribution in [0.25, 0.3) is 0 Å². The third-order valence-corrected chi connectivity index (χ3v) is 6.14. The molecule has 1 amide bonds. The number of likely N-dealkylation sites (tertiary alicyclic amines) is 1. The van der Waals surface area contributed by atoms with Crippen LogP contribution in [0.15, 0.2) is 18.7 Å². The van der Waals surface area contributed by atoms with Crippen LogP contribution in [0.4, 0.5) is 0 Å². The first-order valence-electron chi connectivity index (χ1n) is 7.68. The molecule has 3 heterocycles. The maximum Gasteiger partial charge on any atom is 0.257 e. The minimum atomic E-state index is -3.14. The van der Waals surface area contributed by atoms with Crippen LogP contribution in [-0.4, -0.2) is 66.4 Å². The minimum Gasteiger partial charge on any atom is -0.338 e. The molecule has 8 nitrogen and oxygen atoms in total. The Labute approximate surface area is 135 Å². The highest BCUT2D eigenvalue weighted by atomic mass is 32.2. The molecular weight excluding hydrogens is 318 g/mol. The largest absolute Gasteiger partial charge is 0.338 e. The lowest BCUT2D eigenvalue weighted by atomic mass is 9.89. The molecule has 2 fully saturated rings. The lowest BCUT2D eigenvalue weighted by Gasteiger charge is -2.36. The van der Waals surface area contributed by atoms with E-state index in [0.29, 0.717) is 25.2 Å². The second kappa shape index (κ2) is 6.50. The van der Waals surface area contributed by atoms with Gasteiger partial charge in [-0.3, -0.25) is 15.6 Å². The van der Waals surface area contributed by atoms with Gasteiger partial charge in [-0.25, -0.2) is 18.4 Å². The topological polar surface area (TPSA) is 104 Å². The zero-order valence-corrected chi connectivity index (χ0v) is 13.8. The smallest absolute Gasteiger partial charge is 0.257 e. The summed E-state index contributed by atoms with van der Waals surface area (Å²) in [5, 5.41) is -0.456. The number of piperidine rings is 1. The summed E-state index contributed by atoms with van der Waals surface area (Å²) in [6.07, 6.45) is 7.44. The average molecular weight is 339 g/mol. The number of amides is 1. The number of carbonyl (C=O) groups excluding carboxylic acids is 1. The van der Waals surface area contributed by atoms with Gasteiger partial charge in [0.15, 0.2) is 9.84 Å². The number of hydrogen-bond acceptors (Lipinski definition) is 7. The van der Waals surface area contributed by atoms with Crippen molar-refractivity contribution in [1.82, 2.24) is 25.7 Å². The van der Waals surface area contributed by atoms with E-state index in [9.17, 15) is 13.2 Å². The molecule has 9 heteroatoms. The molecule has 0 aromatic carbocycles. The average Bonchev–Trinajstić information content (AvgIpc) is 3.05. The maximum atomic E-state index is 12.5. The Morgan fingerprint density at radius 1 is 1.35 bits per heavy atom. The van der Waals surface area contributed by atoms with Crippen molar-refractivity contribution in [3.05, 3.63) is 24.3 Å². The number of aromatic nitrogens is 2. The van der Waals surface area contributed by atoms with Crippen molar-refractivity contribution < 1.29 is 13.2 Å². The fraction of sp³-hybridized carbons (Fsp3) is 0.643. The molecule has 0 radical (unpaired) electrons. The summed E-state index contributed by atoms with van der Waals surface area (Å²) in [6, 6.07) is -0.173. The highest BCUT2D eigenvalue weighted by Gasteiger charge is 2.41. The van der Waals surface area contributed by atoms with Crippen molar-refractivity contribution >= 4 is 15.7 Å². The molecule has 2 aliphatic heterocycles. The van der Waals surface area contributed by atoms with Gasteiger partial charge < -0.3 is 4.90 Å². The molecule has 2 N–H and O–H groups in total. The van der Waals surface area contributed by atoms with E-state index in [-0.39, 0.29) is 17.9 Å². The van der Waals surface area contributed by atoms with E-state index >= 15 is 0 Å². The Bertz CT molecular complexity index is 666. The minimum absolute atomic E-state index is 0.0999. The predicted octanol–water partition coefficient (Wildman–Crippen LogP) is -0.782. The van der Waals surface area contributed by atoms with Gasteiger partial charge in [0.2, 0.25) is 0 Å². The Morgan fingerprint density at radius 2 is 2.09 bits per heavy atom. The van der Waals surface area contributed by atoms with Gasteiger partial charge >= 0.3 is 0 Å². The molecule has 1 aromatic heterocycles. The Hall–Kier alpha value is -1.58. The van der Waals surface area contributed by atoms with Gasteiger partial charge in [0.05, 0.1) is 10.8 Å². The monoisotopic (exact) mass is 339 g/mol. The van der Waals surface area contributed by atoms with Crippen LogP contribution >= 0.6 is 0 Å². The first-order valence-corrected chi connectivity index (χ1v) is 9.64. The van der Waals surface area contributed by atoms with Crippen LogP contribution in [-0.2, 0) is 9.84 Å². The number of hydrogen-bond donors (Lipinski definition) is 2. The van der Waals surface area contributed by atoms with E-state index in [0.717, 1.165) is 12.8 Å². The van der Waals surface area contributed by atoms with Crippen LogP contribution in [0.5, 0.6) is 0 Å². The van der Waals surface area contributed by atoms with Crippen LogP contribution in [0.2, 0.25) is 0 Å². The van der Waals surface area contributed by atoms with Gasteiger partial charge in [-0.2, -0.15) is 0 Å². The third-order valence-electron chi connectivity index (χ3n) is 4.58. The van der Waals surface area contributed by atoms with Crippen molar-refractivity contribution in [3.63, 3.8) is 0 Å². The van der Waals surface area contributed by atoms with Crippen LogP contribution in [0, 0.1) is 5.92 Å². The summed E-state index contributed by atoms with van der Waals surface area (Å²) in [4.78, 5) is 22.1. The van der Waals surface area contributed by atoms with Gasteiger partial charge in [-0.1, -0.05) is 0 Å². The molecule has 3 unspecified atom stereocenters. The second-order valence-corrected chi connectivity index (χ2v) is 8.46. The first-order chi connectivity index (χ1) is 11.0. The highest BCUT2D eigenvalue weighted by Crippen LogP contribution is 2.26. The predicted molar refractivity (Wildman–Crippen MR) is 84.2 cm³/mol. The summed E-state index contributed by atoms with van der Waals surface area (Å²) < 4.78 is 23.9. The van der Waals surface area contributed by atoms with E-state index < -0.39 is 15.1 Å². The molecule has 0 saturated carbocycles. The number of rotatable bonds is 3. The number of hydrazine groups is 1. The zero-order valence-electron chi connectivity index (χ0n) is 13.0. The molecule has 3 rings (SSSR count). The standard InChI is InChI=1S/C14H21N5O3S/c1-23(21,22)12-7-17-18-13(12)10-3-2-4-19(8-10)14(20)11-5-15-9-16-6-11/h5-6,9-10,12-13,17-18H,2-4,7-8H2,1H3. The fourth-order valence-electron chi connectivity index (χ4n) is 3.42. The molecule has 2 saturated heterocycles. The second-order valence-electron chi connectivity index (χ2n) is 6.20.